The van der Waals surface area contributed by atoms with E-state index in [2.05, 4.69) is 56.6 Å². The summed E-state index contributed by atoms with van der Waals surface area (Å²) in [5, 5.41) is 4.20. The molecule has 1 saturated heterocycles. The summed E-state index contributed by atoms with van der Waals surface area (Å²) < 4.78 is 6.55. The topological polar surface area (TPSA) is 53.2 Å². The van der Waals surface area contributed by atoms with Crippen LogP contribution in [-0.2, 0) is 0 Å². The van der Waals surface area contributed by atoms with Crippen molar-refractivity contribution >= 4 is 45.6 Å². The van der Waals surface area contributed by atoms with E-state index < -0.39 is 0 Å². The lowest BCUT2D eigenvalue weighted by atomic mass is 9.96. The summed E-state index contributed by atoms with van der Waals surface area (Å²) in [5.74, 6) is 0.822. The van der Waals surface area contributed by atoms with E-state index >= 15 is 0 Å². The van der Waals surface area contributed by atoms with Gasteiger partial charge in [-0.2, -0.15) is 0 Å². The molecule has 3 heterocycles. The molecule has 2 atom stereocenters. The molecule has 0 bridgehead atoms. The van der Waals surface area contributed by atoms with Crippen LogP contribution < -0.4 is 15.0 Å². The molecule has 5 nitrogen and oxygen atoms in total. The second-order valence-corrected chi connectivity index (χ2v) is 8.26. The third kappa shape index (κ3) is 3.26. The number of hydrogen-bond donors (Lipinski definition) is 2. The number of pyridine rings is 1. The van der Waals surface area contributed by atoms with Gasteiger partial charge in [-0.05, 0) is 85.1 Å². The molecular formula is C21H21IN4OS. The third-order valence-electron chi connectivity index (χ3n) is 5.09. The molecule has 3 aromatic rings. The van der Waals surface area contributed by atoms with Gasteiger partial charge in [-0.3, -0.25) is 4.98 Å². The first kappa shape index (κ1) is 19.2. The van der Waals surface area contributed by atoms with Crippen molar-refractivity contribution in [2.24, 2.45) is 0 Å². The number of halogens is 1. The molecule has 1 aliphatic heterocycles. The molecule has 4 rings (SSSR count). The Hall–Kier alpha value is -2.13. The summed E-state index contributed by atoms with van der Waals surface area (Å²) in [6.45, 7) is 4.22. The number of nitrogens with zero attached hydrogens (tertiary/aromatic N) is 2. The Morgan fingerprint density at radius 2 is 1.86 bits per heavy atom. The van der Waals surface area contributed by atoms with E-state index in [1.807, 2.05) is 48.7 Å². The number of methoxy groups -OCH3 is 1. The summed E-state index contributed by atoms with van der Waals surface area (Å²) in [7, 11) is 1.67. The van der Waals surface area contributed by atoms with Crippen LogP contribution in [-0.4, -0.2) is 22.2 Å². The van der Waals surface area contributed by atoms with Crippen molar-refractivity contribution in [3.8, 4) is 5.75 Å². The van der Waals surface area contributed by atoms with E-state index in [4.69, 9.17) is 17.0 Å². The second kappa shape index (κ2) is 7.71. The van der Waals surface area contributed by atoms with E-state index in [1.54, 1.807) is 7.11 Å². The molecular weight excluding hydrogens is 483 g/mol. The molecule has 0 saturated carbocycles. The van der Waals surface area contributed by atoms with Gasteiger partial charge in [-0.25, -0.2) is 0 Å². The van der Waals surface area contributed by atoms with Crippen molar-refractivity contribution in [3.05, 3.63) is 74.9 Å². The summed E-state index contributed by atoms with van der Waals surface area (Å²) in [6.07, 6.45) is 1.83. The molecule has 2 aromatic heterocycles. The number of aryl methyl sites for hydroxylation is 2. The Morgan fingerprint density at radius 1 is 1.11 bits per heavy atom. The summed E-state index contributed by atoms with van der Waals surface area (Å²) in [6, 6.07) is 14.0. The molecule has 0 radical (unpaired) electrons. The predicted octanol–water partition coefficient (Wildman–Crippen LogP) is 4.82. The number of benzene rings is 1. The van der Waals surface area contributed by atoms with Crippen molar-refractivity contribution in [3.63, 3.8) is 0 Å². The average Bonchev–Trinajstić information content (AvgIpc) is 3.17. The zero-order chi connectivity index (χ0) is 19.8. The number of ether oxygens (including phenoxy) is 1. The van der Waals surface area contributed by atoms with Crippen molar-refractivity contribution < 1.29 is 4.74 Å². The first-order valence-electron chi connectivity index (χ1n) is 9.00. The fourth-order valence-electron chi connectivity index (χ4n) is 3.79. The average molecular weight is 504 g/mol. The van der Waals surface area contributed by atoms with Crippen molar-refractivity contribution in [1.29, 1.82) is 0 Å². The van der Waals surface area contributed by atoms with E-state index in [0.717, 1.165) is 22.8 Å². The monoisotopic (exact) mass is 504 g/mol. The van der Waals surface area contributed by atoms with Gasteiger partial charge in [0.25, 0.3) is 0 Å². The Labute approximate surface area is 183 Å². The molecule has 0 spiro atoms. The molecule has 144 valence electrons. The summed E-state index contributed by atoms with van der Waals surface area (Å²) >= 11 is 8.20. The van der Waals surface area contributed by atoms with Crippen LogP contribution >= 0.6 is 34.8 Å². The van der Waals surface area contributed by atoms with Gasteiger partial charge in [-0.15, -0.1) is 0 Å². The number of hydrogen-bond acceptors (Lipinski definition) is 3. The highest BCUT2D eigenvalue weighted by atomic mass is 127. The molecule has 1 fully saturated rings. The fourth-order valence-corrected chi connectivity index (χ4v) is 5.00. The van der Waals surface area contributed by atoms with E-state index in [-0.39, 0.29) is 12.1 Å². The zero-order valence-electron chi connectivity index (χ0n) is 15.9. The Bertz CT molecular complexity index is 1000. The quantitative estimate of drug-likeness (QED) is 0.395. The van der Waals surface area contributed by atoms with Crippen molar-refractivity contribution in [1.82, 2.24) is 15.3 Å². The van der Waals surface area contributed by atoms with Crippen LogP contribution in [0.3, 0.4) is 0 Å². The number of nitrogens with one attached hydrogen (secondary N) is 2. The molecule has 0 unspecified atom stereocenters. The maximum atomic E-state index is 5.77. The van der Waals surface area contributed by atoms with Crippen LogP contribution in [0.2, 0.25) is 0 Å². The minimum atomic E-state index is -0.0433. The van der Waals surface area contributed by atoms with E-state index in [1.165, 1.54) is 14.8 Å². The van der Waals surface area contributed by atoms with Crippen LogP contribution in [0.4, 0.5) is 5.69 Å². The maximum Gasteiger partial charge on any atom is 0.174 e. The lowest BCUT2D eigenvalue weighted by Gasteiger charge is -2.28. The van der Waals surface area contributed by atoms with Crippen molar-refractivity contribution in [2.75, 3.05) is 12.0 Å². The van der Waals surface area contributed by atoms with Gasteiger partial charge in [0.05, 0.1) is 24.9 Å². The Kier molecular flexibility index (Phi) is 5.29. The van der Waals surface area contributed by atoms with E-state index in [0.29, 0.717) is 5.11 Å². The minimum Gasteiger partial charge on any atom is -0.497 e. The summed E-state index contributed by atoms with van der Waals surface area (Å²) in [5.41, 5.74) is 5.56. The molecule has 1 aliphatic rings. The highest BCUT2D eigenvalue weighted by Crippen LogP contribution is 2.44. The first-order chi connectivity index (χ1) is 13.5. The first-order valence-corrected chi connectivity index (χ1v) is 10.5. The molecule has 0 aliphatic carbocycles. The van der Waals surface area contributed by atoms with Gasteiger partial charge in [0.1, 0.15) is 5.75 Å². The molecule has 7 heteroatoms. The van der Waals surface area contributed by atoms with Gasteiger partial charge in [0.2, 0.25) is 0 Å². The normalized spacial score (nSPS) is 19.0. The fraction of sp³-hybridized carbons (Fsp3) is 0.238. The van der Waals surface area contributed by atoms with Gasteiger partial charge in [-0.1, -0.05) is 6.07 Å². The number of aromatic amines is 1. The SMILES string of the molecule is COc1ccc(N2C(=S)N[C@@H](c3ccccn3)[C@@H]2c2c(C)[nH]c(C)c2I)cc1. The molecule has 2 N–H and O–H groups in total. The van der Waals surface area contributed by atoms with Gasteiger partial charge in [0, 0.05) is 32.4 Å². The Balaban J connectivity index is 1.87. The lowest BCUT2D eigenvalue weighted by Crippen LogP contribution is -2.29. The largest absolute Gasteiger partial charge is 0.497 e. The number of anilines is 1. The lowest BCUT2D eigenvalue weighted by molar-refractivity contribution is 0.415. The molecule has 28 heavy (non-hydrogen) atoms. The smallest absolute Gasteiger partial charge is 0.174 e. The Morgan fingerprint density at radius 3 is 2.43 bits per heavy atom. The molecule has 1 aromatic carbocycles. The van der Waals surface area contributed by atoms with Crippen molar-refractivity contribution in [2.45, 2.75) is 25.9 Å². The standard InChI is InChI=1S/C21H21IN4OS/c1-12-17(18(22)13(2)24-12)20-19(16-6-4-5-11-23-16)25-21(28)26(20)14-7-9-15(27-3)10-8-14/h4-11,19-20,24H,1-3H3,(H,25,28)/t19-,20-/m0/s1. The highest BCUT2D eigenvalue weighted by Gasteiger charge is 2.42. The van der Waals surface area contributed by atoms with Crippen LogP contribution in [0.25, 0.3) is 0 Å². The minimum absolute atomic E-state index is 0.00681. The van der Waals surface area contributed by atoms with Crippen LogP contribution in [0.1, 0.15) is 34.7 Å². The van der Waals surface area contributed by atoms with Gasteiger partial charge >= 0.3 is 0 Å². The van der Waals surface area contributed by atoms with Gasteiger partial charge < -0.3 is 19.9 Å². The number of H-pyrrole nitrogens is 1. The third-order valence-corrected chi connectivity index (χ3v) is 6.79. The maximum absolute atomic E-state index is 5.77. The van der Waals surface area contributed by atoms with Crippen LogP contribution in [0.5, 0.6) is 5.75 Å². The predicted molar refractivity (Wildman–Crippen MR) is 124 cm³/mol. The zero-order valence-corrected chi connectivity index (χ0v) is 18.8. The van der Waals surface area contributed by atoms with E-state index in [9.17, 15) is 0 Å². The number of thiocarbonyl (C=S) groups is 1. The highest BCUT2D eigenvalue weighted by molar-refractivity contribution is 14.1. The summed E-state index contributed by atoms with van der Waals surface area (Å²) in [4.78, 5) is 10.3. The van der Waals surface area contributed by atoms with Crippen LogP contribution in [0, 0.1) is 17.4 Å². The van der Waals surface area contributed by atoms with Gasteiger partial charge in [0.15, 0.2) is 5.11 Å². The van der Waals surface area contributed by atoms with Crippen LogP contribution in [0.15, 0.2) is 48.7 Å². The second-order valence-electron chi connectivity index (χ2n) is 6.80. The number of aromatic nitrogens is 2. The molecule has 0 amide bonds. The number of rotatable bonds is 4.